The van der Waals surface area contributed by atoms with Gasteiger partial charge in [-0.3, -0.25) is 9.59 Å². The molecule has 0 radical (unpaired) electrons. The van der Waals surface area contributed by atoms with Crippen molar-refractivity contribution in [3.05, 3.63) is 0 Å². The Labute approximate surface area is 159 Å². The van der Waals surface area contributed by atoms with Crippen molar-refractivity contribution in [3.63, 3.8) is 0 Å². The van der Waals surface area contributed by atoms with Gasteiger partial charge in [0, 0.05) is 4.75 Å². The SMILES string of the molecule is CCCCS[C@@]12CCCCC[C@@H]1[C@@H](C(=O)OC)[C@@H]2C(=O)N1CCOC1=O. The van der Waals surface area contributed by atoms with Crippen LogP contribution in [-0.2, 0) is 19.1 Å². The van der Waals surface area contributed by atoms with Crippen LogP contribution in [0.1, 0.15) is 51.9 Å². The number of fused-ring (bicyclic) bond motifs is 1. The number of hydrogen-bond acceptors (Lipinski definition) is 6. The quantitative estimate of drug-likeness (QED) is 0.518. The average molecular weight is 384 g/mol. The zero-order valence-corrected chi connectivity index (χ0v) is 16.5. The van der Waals surface area contributed by atoms with Crippen LogP contribution >= 0.6 is 11.8 Å². The fraction of sp³-hybridized carbons (Fsp3) is 0.842. The van der Waals surface area contributed by atoms with Crippen molar-refractivity contribution < 1.29 is 23.9 Å². The van der Waals surface area contributed by atoms with Gasteiger partial charge in [-0.15, -0.1) is 0 Å². The Kier molecular flexibility index (Phi) is 6.15. The second kappa shape index (κ2) is 8.19. The minimum Gasteiger partial charge on any atom is -0.469 e. The van der Waals surface area contributed by atoms with Gasteiger partial charge in [0.1, 0.15) is 6.61 Å². The van der Waals surface area contributed by atoms with Gasteiger partial charge in [-0.25, -0.2) is 9.69 Å². The maximum absolute atomic E-state index is 13.3. The fourth-order valence-electron chi connectivity index (χ4n) is 4.90. The zero-order chi connectivity index (χ0) is 18.7. The highest BCUT2D eigenvalue weighted by molar-refractivity contribution is 8.00. The lowest BCUT2D eigenvalue weighted by atomic mass is 9.53. The van der Waals surface area contributed by atoms with E-state index in [0.717, 1.165) is 50.7 Å². The van der Waals surface area contributed by atoms with Crippen molar-refractivity contribution in [2.24, 2.45) is 17.8 Å². The summed E-state index contributed by atoms with van der Waals surface area (Å²) in [5, 5.41) is 0. The van der Waals surface area contributed by atoms with Crippen molar-refractivity contribution in [1.82, 2.24) is 4.90 Å². The molecule has 2 aliphatic carbocycles. The molecule has 0 unspecified atom stereocenters. The third-order valence-electron chi connectivity index (χ3n) is 6.16. The van der Waals surface area contributed by atoms with Crippen molar-refractivity contribution in [3.8, 4) is 0 Å². The number of imide groups is 1. The van der Waals surface area contributed by atoms with E-state index in [1.165, 1.54) is 12.0 Å². The summed E-state index contributed by atoms with van der Waals surface area (Å²) in [6.45, 7) is 2.67. The number of unbranched alkanes of at least 4 members (excludes halogenated alkanes) is 1. The average Bonchev–Trinajstić information content (AvgIpc) is 2.98. The summed E-state index contributed by atoms with van der Waals surface area (Å²) in [5.74, 6) is -0.333. The minimum atomic E-state index is -0.579. The number of methoxy groups -OCH3 is 1. The molecule has 4 atom stereocenters. The van der Waals surface area contributed by atoms with Crippen molar-refractivity contribution in [1.29, 1.82) is 0 Å². The number of nitrogens with zero attached hydrogens (tertiary/aromatic N) is 1. The first kappa shape index (κ1) is 19.5. The van der Waals surface area contributed by atoms with E-state index in [1.807, 2.05) is 11.8 Å². The largest absolute Gasteiger partial charge is 0.469 e. The molecular formula is C19H29NO5S. The number of esters is 1. The predicted octanol–water partition coefficient (Wildman–Crippen LogP) is 3.24. The minimum absolute atomic E-state index is 0.159. The molecule has 1 heterocycles. The molecule has 0 N–H and O–H groups in total. The van der Waals surface area contributed by atoms with E-state index in [0.29, 0.717) is 0 Å². The summed E-state index contributed by atoms with van der Waals surface area (Å²) in [5.41, 5.74) is 0. The molecule has 7 heteroatoms. The highest BCUT2D eigenvalue weighted by Gasteiger charge is 2.68. The van der Waals surface area contributed by atoms with Crippen LogP contribution in [-0.4, -0.2) is 53.6 Å². The molecule has 6 nitrogen and oxygen atoms in total. The lowest BCUT2D eigenvalue weighted by Gasteiger charge is -2.59. The smallest absolute Gasteiger partial charge is 0.416 e. The Morgan fingerprint density at radius 3 is 2.81 bits per heavy atom. The molecule has 1 saturated heterocycles. The number of carbonyl (C=O) groups is 3. The number of cyclic esters (lactones) is 1. The van der Waals surface area contributed by atoms with Gasteiger partial charge < -0.3 is 9.47 Å². The molecule has 0 aromatic heterocycles. The Morgan fingerprint density at radius 2 is 2.15 bits per heavy atom. The molecule has 0 aromatic carbocycles. The number of rotatable bonds is 6. The maximum atomic E-state index is 13.3. The Hall–Kier alpha value is -1.24. The number of thioether (sulfide) groups is 1. The van der Waals surface area contributed by atoms with Gasteiger partial charge in [0.2, 0.25) is 5.91 Å². The number of carbonyl (C=O) groups excluding carboxylic acids is 3. The fourth-order valence-corrected chi connectivity index (χ4v) is 6.90. The molecule has 3 aliphatic rings. The molecule has 3 fully saturated rings. The molecule has 2 saturated carbocycles. The van der Waals surface area contributed by atoms with Crippen LogP contribution in [0, 0.1) is 17.8 Å². The number of hydrogen-bond donors (Lipinski definition) is 0. The molecule has 2 amide bonds. The number of amides is 2. The third-order valence-corrected chi connectivity index (χ3v) is 7.96. The van der Waals surface area contributed by atoms with E-state index >= 15 is 0 Å². The molecule has 146 valence electrons. The van der Waals surface area contributed by atoms with E-state index < -0.39 is 17.9 Å². The first-order chi connectivity index (χ1) is 12.6. The number of ether oxygens (including phenoxy) is 2. The lowest BCUT2D eigenvalue weighted by molar-refractivity contribution is -0.168. The molecule has 3 rings (SSSR count). The van der Waals surface area contributed by atoms with Crippen molar-refractivity contribution >= 4 is 29.7 Å². The van der Waals surface area contributed by atoms with E-state index in [9.17, 15) is 14.4 Å². The summed E-state index contributed by atoms with van der Waals surface area (Å²) in [4.78, 5) is 39.0. The van der Waals surface area contributed by atoms with Gasteiger partial charge in [0.15, 0.2) is 0 Å². The van der Waals surface area contributed by atoms with E-state index in [1.54, 1.807) is 0 Å². The maximum Gasteiger partial charge on any atom is 0.416 e. The first-order valence-electron chi connectivity index (χ1n) is 9.76. The van der Waals surface area contributed by atoms with Gasteiger partial charge in [0.25, 0.3) is 0 Å². The van der Waals surface area contributed by atoms with Crippen LogP contribution < -0.4 is 0 Å². The molecule has 1 aliphatic heterocycles. The van der Waals surface area contributed by atoms with Crippen LogP contribution in [0.5, 0.6) is 0 Å². The van der Waals surface area contributed by atoms with Gasteiger partial charge >= 0.3 is 12.1 Å². The normalized spacial score (nSPS) is 33.7. The van der Waals surface area contributed by atoms with Crippen LogP contribution in [0.4, 0.5) is 4.79 Å². The van der Waals surface area contributed by atoms with Gasteiger partial charge in [0.05, 0.1) is 25.5 Å². The monoisotopic (exact) mass is 383 g/mol. The van der Waals surface area contributed by atoms with Gasteiger partial charge in [-0.2, -0.15) is 11.8 Å². The second-order valence-electron chi connectivity index (χ2n) is 7.49. The summed E-state index contributed by atoms with van der Waals surface area (Å²) in [6, 6.07) is 0. The molecule has 26 heavy (non-hydrogen) atoms. The predicted molar refractivity (Wildman–Crippen MR) is 98.7 cm³/mol. The Morgan fingerprint density at radius 1 is 1.35 bits per heavy atom. The first-order valence-corrected chi connectivity index (χ1v) is 10.7. The van der Waals surface area contributed by atoms with E-state index in [-0.39, 0.29) is 35.7 Å². The van der Waals surface area contributed by atoms with Crippen LogP contribution in [0.15, 0.2) is 0 Å². The summed E-state index contributed by atoms with van der Waals surface area (Å²) >= 11 is 1.85. The summed E-state index contributed by atoms with van der Waals surface area (Å²) < 4.78 is 9.77. The van der Waals surface area contributed by atoms with Crippen LogP contribution in [0.3, 0.4) is 0 Å². The Balaban J connectivity index is 1.91. The third kappa shape index (κ3) is 3.23. The molecule has 0 spiro atoms. The topological polar surface area (TPSA) is 72.9 Å². The molecule has 0 aromatic rings. The summed E-state index contributed by atoms with van der Waals surface area (Å²) in [6.07, 6.45) is 6.78. The summed E-state index contributed by atoms with van der Waals surface area (Å²) in [7, 11) is 1.38. The molecular weight excluding hydrogens is 354 g/mol. The van der Waals surface area contributed by atoms with Crippen LogP contribution in [0.2, 0.25) is 0 Å². The standard InChI is InChI=1S/C19H29NO5S/c1-3-4-12-26-19-9-7-5-6-8-13(19)14(17(22)24-2)15(19)16(21)20-10-11-25-18(20)23/h13-15H,3-12H2,1-2H3/t13-,14-,15-,19+/m1/s1. The van der Waals surface area contributed by atoms with Crippen molar-refractivity contribution in [2.75, 3.05) is 26.0 Å². The highest BCUT2D eigenvalue weighted by Crippen LogP contribution is 2.63. The van der Waals surface area contributed by atoms with Crippen LogP contribution in [0.25, 0.3) is 0 Å². The van der Waals surface area contributed by atoms with Gasteiger partial charge in [-0.1, -0.05) is 32.6 Å². The zero-order valence-electron chi connectivity index (χ0n) is 15.7. The van der Waals surface area contributed by atoms with Gasteiger partial charge in [-0.05, 0) is 30.9 Å². The lowest BCUT2D eigenvalue weighted by Crippen LogP contribution is -2.67. The van der Waals surface area contributed by atoms with Crippen molar-refractivity contribution in [2.45, 2.75) is 56.6 Å². The Bertz CT molecular complexity index is 568. The second-order valence-corrected chi connectivity index (χ2v) is 8.95. The molecule has 0 bridgehead atoms. The van der Waals surface area contributed by atoms with E-state index in [4.69, 9.17) is 9.47 Å². The highest BCUT2D eigenvalue weighted by atomic mass is 32.2. The van der Waals surface area contributed by atoms with E-state index in [2.05, 4.69) is 6.92 Å².